The lowest BCUT2D eigenvalue weighted by atomic mass is 9.90. The molecule has 2 N–H and O–H groups in total. The van der Waals surface area contributed by atoms with Gasteiger partial charge in [-0.2, -0.15) is 8.78 Å². The minimum atomic E-state index is -4.62. The van der Waals surface area contributed by atoms with Gasteiger partial charge in [0.15, 0.2) is 0 Å². The molecule has 1 aromatic carbocycles. The number of carboxylic acids is 1. The standard InChI is InChI=1S/C10H9F3O3/c1-9(11,10(12,13)8(15)16)6-4-2-3-5-7(6)14/h2-5,14H,1H3,(H,15,16). The molecule has 0 fully saturated rings. The van der Waals surface area contributed by atoms with Gasteiger partial charge in [0.05, 0.1) is 0 Å². The molecule has 0 radical (unpaired) electrons. The predicted molar refractivity (Wildman–Crippen MR) is 49.1 cm³/mol. The molecule has 0 aliphatic rings. The number of phenolic OH excluding ortho intramolecular Hbond substituents is 1. The molecule has 0 saturated carbocycles. The maximum Gasteiger partial charge on any atom is 0.379 e. The first-order valence-electron chi connectivity index (χ1n) is 4.30. The average Bonchev–Trinajstić information content (AvgIpc) is 2.17. The van der Waals surface area contributed by atoms with Crippen molar-refractivity contribution in [3.8, 4) is 5.75 Å². The monoisotopic (exact) mass is 234 g/mol. The van der Waals surface area contributed by atoms with Gasteiger partial charge in [0.2, 0.25) is 5.67 Å². The average molecular weight is 234 g/mol. The number of benzene rings is 1. The maximum absolute atomic E-state index is 13.8. The second-order valence-corrected chi connectivity index (χ2v) is 3.40. The molecule has 0 aromatic heterocycles. The van der Waals surface area contributed by atoms with Gasteiger partial charge in [-0.1, -0.05) is 18.2 Å². The van der Waals surface area contributed by atoms with Crippen LogP contribution in [0.15, 0.2) is 24.3 Å². The van der Waals surface area contributed by atoms with Gasteiger partial charge in [0.25, 0.3) is 0 Å². The number of aliphatic carboxylic acids is 1. The normalized spacial score (nSPS) is 15.5. The summed E-state index contributed by atoms with van der Waals surface area (Å²) < 4.78 is 40.0. The Morgan fingerprint density at radius 2 is 1.75 bits per heavy atom. The molecule has 88 valence electrons. The van der Waals surface area contributed by atoms with Gasteiger partial charge in [-0.3, -0.25) is 0 Å². The summed E-state index contributed by atoms with van der Waals surface area (Å²) in [5.41, 5.74) is -4.24. The number of carboxylic acid groups (broad SMARTS) is 1. The zero-order chi connectivity index (χ0) is 12.6. The van der Waals surface area contributed by atoms with Gasteiger partial charge in [0, 0.05) is 5.56 Å². The molecule has 0 amide bonds. The molecule has 1 rings (SSSR count). The summed E-state index contributed by atoms with van der Waals surface area (Å²) in [5.74, 6) is -7.92. The first-order valence-corrected chi connectivity index (χ1v) is 4.30. The van der Waals surface area contributed by atoms with Crippen LogP contribution in [0.3, 0.4) is 0 Å². The molecule has 0 heterocycles. The summed E-state index contributed by atoms with van der Waals surface area (Å²) in [7, 11) is 0. The molecule has 0 spiro atoms. The third-order valence-electron chi connectivity index (χ3n) is 2.27. The minimum Gasteiger partial charge on any atom is -0.508 e. The number of hydrogen-bond donors (Lipinski definition) is 2. The number of halogens is 3. The summed E-state index contributed by atoms with van der Waals surface area (Å²) in [6.07, 6.45) is 0. The fourth-order valence-corrected chi connectivity index (χ4v) is 1.24. The second kappa shape index (κ2) is 3.70. The van der Waals surface area contributed by atoms with Gasteiger partial charge in [0.1, 0.15) is 5.75 Å². The first kappa shape index (κ1) is 12.4. The molecule has 1 atom stereocenters. The van der Waals surface area contributed by atoms with Crippen LogP contribution in [0.2, 0.25) is 0 Å². The van der Waals surface area contributed by atoms with E-state index in [1.807, 2.05) is 0 Å². The van der Waals surface area contributed by atoms with Crippen LogP contribution in [0.1, 0.15) is 12.5 Å². The fraction of sp³-hybridized carbons (Fsp3) is 0.300. The van der Waals surface area contributed by atoms with E-state index < -0.39 is 28.9 Å². The van der Waals surface area contributed by atoms with Crippen LogP contribution in [0.5, 0.6) is 5.75 Å². The van der Waals surface area contributed by atoms with Crippen LogP contribution in [0, 0.1) is 0 Å². The van der Waals surface area contributed by atoms with Gasteiger partial charge < -0.3 is 10.2 Å². The van der Waals surface area contributed by atoms with E-state index in [0.717, 1.165) is 12.1 Å². The van der Waals surface area contributed by atoms with Crippen LogP contribution in [0.4, 0.5) is 13.2 Å². The summed E-state index contributed by atoms with van der Waals surface area (Å²) >= 11 is 0. The lowest BCUT2D eigenvalue weighted by Crippen LogP contribution is -2.45. The van der Waals surface area contributed by atoms with Gasteiger partial charge >= 0.3 is 11.9 Å². The van der Waals surface area contributed by atoms with Crippen LogP contribution >= 0.6 is 0 Å². The fourth-order valence-electron chi connectivity index (χ4n) is 1.24. The molecule has 3 nitrogen and oxygen atoms in total. The first-order chi connectivity index (χ1) is 7.21. The van der Waals surface area contributed by atoms with E-state index in [2.05, 4.69) is 0 Å². The Labute approximate surface area is 89.1 Å². The van der Waals surface area contributed by atoms with Crippen molar-refractivity contribution < 1.29 is 28.2 Å². The van der Waals surface area contributed by atoms with E-state index in [0.29, 0.717) is 6.92 Å². The highest BCUT2D eigenvalue weighted by molar-refractivity contribution is 5.77. The Kier molecular flexibility index (Phi) is 2.85. The summed E-state index contributed by atoms with van der Waals surface area (Å²) in [6.45, 7) is 0.413. The maximum atomic E-state index is 13.8. The van der Waals surface area contributed by atoms with Crippen molar-refractivity contribution in [2.75, 3.05) is 0 Å². The van der Waals surface area contributed by atoms with E-state index in [-0.39, 0.29) is 0 Å². The van der Waals surface area contributed by atoms with E-state index >= 15 is 0 Å². The third kappa shape index (κ3) is 1.70. The lowest BCUT2D eigenvalue weighted by Gasteiger charge is -2.27. The molecule has 6 heteroatoms. The number of rotatable bonds is 3. The molecular weight excluding hydrogens is 225 g/mol. The van der Waals surface area contributed by atoms with Crippen LogP contribution in [-0.2, 0) is 10.5 Å². The molecule has 0 saturated heterocycles. The molecule has 0 aliphatic heterocycles. The number of phenols is 1. The van der Waals surface area contributed by atoms with E-state index in [1.165, 1.54) is 12.1 Å². The van der Waals surface area contributed by atoms with E-state index in [4.69, 9.17) is 5.11 Å². The Hall–Kier alpha value is -1.72. The minimum absolute atomic E-state index is 0.413. The Bertz CT molecular complexity index is 416. The number of para-hydroxylation sites is 1. The summed E-state index contributed by atoms with van der Waals surface area (Å²) in [5, 5.41) is 17.5. The largest absolute Gasteiger partial charge is 0.508 e. The van der Waals surface area contributed by atoms with Crippen molar-refractivity contribution in [1.29, 1.82) is 0 Å². The highest BCUT2D eigenvalue weighted by Crippen LogP contribution is 2.44. The van der Waals surface area contributed by atoms with Crippen LogP contribution in [-0.4, -0.2) is 22.1 Å². The van der Waals surface area contributed by atoms with Gasteiger partial charge in [-0.05, 0) is 13.0 Å². The molecule has 1 unspecified atom stereocenters. The Balaban J connectivity index is 3.32. The smallest absolute Gasteiger partial charge is 0.379 e. The molecule has 16 heavy (non-hydrogen) atoms. The molecule has 0 bridgehead atoms. The number of aromatic hydroxyl groups is 1. The van der Waals surface area contributed by atoms with E-state index in [9.17, 15) is 23.1 Å². The van der Waals surface area contributed by atoms with Crippen LogP contribution in [0.25, 0.3) is 0 Å². The SMILES string of the molecule is CC(F)(c1ccccc1O)C(F)(F)C(=O)O. The summed E-state index contributed by atoms with van der Waals surface area (Å²) in [4.78, 5) is 10.3. The molecule has 1 aromatic rings. The van der Waals surface area contributed by atoms with Crippen molar-refractivity contribution in [3.63, 3.8) is 0 Å². The van der Waals surface area contributed by atoms with Gasteiger partial charge in [-0.15, -0.1) is 0 Å². The van der Waals surface area contributed by atoms with E-state index in [1.54, 1.807) is 0 Å². The summed E-state index contributed by atoms with van der Waals surface area (Å²) in [6, 6.07) is 4.45. The highest BCUT2D eigenvalue weighted by atomic mass is 19.3. The molecular formula is C10H9F3O3. The third-order valence-corrected chi connectivity index (χ3v) is 2.27. The van der Waals surface area contributed by atoms with Crippen molar-refractivity contribution in [2.24, 2.45) is 0 Å². The van der Waals surface area contributed by atoms with Crippen molar-refractivity contribution >= 4 is 5.97 Å². The Morgan fingerprint density at radius 3 is 2.19 bits per heavy atom. The predicted octanol–water partition coefficient (Wildman–Crippen LogP) is 2.30. The molecule has 0 aliphatic carbocycles. The van der Waals surface area contributed by atoms with Crippen molar-refractivity contribution in [3.05, 3.63) is 29.8 Å². The lowest BCUT2D eigenvalue weighted by molar-refractivity contribution is -0.191. The highest BCUT2D eigenvalue weighted by Gasteiger charge is 2.59. The van der Waals surface area contributed by atoms with Crippen molar-refractivity contribution in [1.82, 2.24) is 0 Å². The second-order valence-electron chi connectivity index (χ2n) is 3.40. The number of hydrogen-bond acceptors (Lipinski definition) is 2. The number of alkyl halides is 3. The Morgan fingerprint density at radius 1 is 1.25 bits per heavy atom. The quantitative estimate of drug-likeness (QED) is 0.843. The van der Waals surface area contributed by atoms with Crippen molar-refractivity contribution in [2.45, 2.75) is 18.5 Å². The number of carbonyl (C=O) groups is 1. The van der Waals surface area contributed by atoms with Gasteiger partial charge in [-0.25, -0.2) is 9.18 Å². The zero-order valence-corrected chi connectivity index (χ0v) is 8.25. The topological polar surface area (TPSA) is 57.5 Å². The van der Waals surface area contributed by atoms with Crippen LogP contribution < -0.4 is 0 Å². The zero-order valence-electron chi connectivity index (χ0n) is 8.25.